The topological polar surface area (TPSA) is 52.6 Å². The number of phenolic OH excluding ortho intramolecular Hbond substituents is 1. The van der Waals surface area contributed by atoms with Crippen molar-refractivity contribution < 1.29 is 9.90 Å². The number of nitrogens with one attached hydrogen (secondary N) is 1. The summed E-state index contributed by atoms with van der Waals surface area (Å²) in [6, 6.07) is 7.76. The Labute approximate surface area is 120 Å². The first kappa shape index (κ1) is 14.9. The molecule has 1 aromatic rings. The van der Waals surface area contributed by atoms with Gasteiger partial charge in [0.1, 0.15) is 5.75 Å². The fourth-order valence-corrected chi connectivity index (χ4v) is 2.96. The summed E-state index contributed by atoms with van der Waals surface area (Å²) < 4.78 is 0. The third kappa shape index (κ3) is 3.12. The highest BCUT2D eigenvalue weighted by molar-refractivity contribution is 5.82. The van der Waals surface area contributed by atoms with Crippen molar-refractivity contribution in [2.75, 3.05) is 20.1 Å². The second-order valence-corrected chi connectivity index (χ2v) is 6.08. The van der Waals surface area contributed by atoms with Crippen molar-refractivity contribution in [3.05, 3.63) is 29.8 Å². The first-order valence-corrected chi connectivity index (χ1v) is 7.19. The molecule has 0 saturated carbocycles. The highest BCUT2D eigenvalue weighted by atomic mass is 16.3. The number of amides is 1. The summed E-state index contributed by atoms with van der Waals surface area (Å²) in [6.07, 6.45) is 1.84. The number of hydrogen-bond acceptors (Lipinski definition) is 3. The lowest BCUT2D eigenvalue weighted by molar-refractivity contribution is -0.129. The summed E-state index contributed by atoms with van der Waals surface area (Å²) >= 11 is 0. The standard InChI is InChI=1S/C16H24N2O2/c1-12(10-13-4-6-14(19)7-5-13)18-9-8-16(2,11-18)15(20)17-3/h4-7,12,19H,8-11H2,1-3H3,(H,17,20). The lowest BCUT2D eigenvalue weighted by Crippen LogP contribution is -2.41. The van der Waals surface area contributed by atoms with Crippen LogP contribution in [0.15, 0.2) is 24.3 Å². The number of aromatic hydroxyl groups is 1. The SMILES string of the molecule is CNC(=O)C1(C)CCN(C(C)Cc2ccc(O)cc2)C1. The number of benzene rings is 1. The van der Waals surface area contributed by atoms with Crippen LogP contribution >= 0.6 is 0 Å². The molecule has 1 aliphatic rings. The van der Waals surface area contributed by atoms with Gasteiger partial charge in [-0.25, -0.2) is 0 Å². The molecular formula is C16H24N2O2. The predicted octanol–water partition coefficient (Wildman–Crippen LogP) is 1.78. The van der Waals surface area contributed by atoms with Crippen molar-refractivity contribution in [3.63, 3.8) is 0 Å². The Kier molecular flexibility index (Phi) is 4.33. The number of carbonyl (C=O) groups is 1. The lowest BCUT2D eigenvalue weighted by atomic mass is 9.89. The molecule has 0 bridgehead atoms. The van der Waals surface area contributed by atoms with Crippen LogP contribution in [-0.4, -0.2) is 42.1 Å². The van der Waals surface area contributed by atoms with Crippen LogP contribution in [0, 0.1) is 5.41 Å². The van der Waals surface area contributed by atoms with Gasteiger partial charge in [0, 0.05) is 19.6 Å². The van der Waals surface area contributed by atoms with E-state index in [9.17, 15) is 9.90 Å². The van der Waals surface area contributed by atoms with E-state index in [0.717, 1.165) is 25.9 Å². The van der Waals surface area contributed by atoms with Crippen LogP contribution in [0.25, 0.3) is 0 Å². The maximum atomic E-state index is 11.9. The predicted molar refractivity (Wildman–Crippen MR) is 79.6 cm³/mol. The van der Waals surface area contributed by atoms with Crippen molar-refractivity contribution in [2.45, 2.75) is 32.7 Å². The molecular weight excluding hydrogens is 252 g/mol. The number of carbonyl (C=O) groups excluding carboxylic acids is 1. The molecule has 1 heterocycles. The molecule has 110 valence electrons. The van der Waals surface area contributed by atoms with Crippen LogP contribution in [0.1, 0.15) is 25.8 Å². The first-order chi connectivity index (χ1) is 9.44. The third-order valence-corrected chi connectivity index (χ3v) is 4.37. The molecule has 1 amide bonds. The van der Waals surface area contributed by atoms with E-state index in [4.69, 9.17) is 0 Å². The monoisotopic (exact) mass is 276 g/mol. The summed E-state index contributed by atoms with van der Waals surface area (Å²) in [5, 5.41) is 12.1. The molecule has 1 aliphatic heterocycles. The Morgan fingerprint density at radius 1 is 1.45 bits per heavy atom. The fourth-order valence-electron chi connectivity index (χ4n) is 2.96. The molecule has 0 aromatic heterocycles. The van der Waals surface area contributed by atoms with Crippen molar-refractivity contribution >= 4 is 5.91 Å². The maximum Gasteiger partial charge on any atom is 0.227 e. The first-order valence-electron chi connectivity index (χ1n) is 7.19. The largest absolute Gasteiger partial charge is 0.508 e. The van der Waals surface area contributed by atoms with Gasteiger partial charge < -0.3 is 10.4 Å². The van der Waals surface area contributed by atoms with Crippen LogP contribution in [0.2, 0.25) is 0 Å². The second-order valence-electron chi connectivity index (χ2n) is 6.08. The van der Waals surface area contributed by atoms with Crippen LogP contribution in [0.5, 0.6) is 5.75 Å². The molecule has 0 aliphatic carbocycles. The van der Waals surface area contributed by atoms with Gasteiger partial charge in [-0.15, -0.1) is 0 Å². The minimum Gasteiger partial charge on any atom is -0.508 e. The van der Waals surface area contributed by atoms with Gasteiger partial charge in [0.15, 0.2) is 0 Å². The van der Waals surface area contributed by atoms with Gasteiger partial charge in [0.25, 0.3) is 0 Å². The van der Waals surface area contributed by atoms with E-state index in [1.54, 1.807) is 19.2 Å². The zero-order chi connectivity index (χ0) is 14.8. The highest BCUT2D eigenvalue weighted by Gasteiger charge is 2.40. The van der Waals surface area contributed by atoms with E-state index in [1.807, 2.05) is 19.1 Å². The van der Waals surface area contributed by atoms with E-state index < -0.39 is 0 Å². The molecule has 2 rings (SSSR count). The quantitative estimate of drug-likeness (QED) is 0.881. The van der Waals surface area contributed by atoms with Gasteiger partial charge in [0.05, 0.1) is 5.41 Å². The fraction of sp³-hybridized carbons (Fsp3) is 0.562. The van der Waals surface area contributed by atoms with Gasteiger partial charge in [-0.3, -0.25) is 9.69 Å². The minimum absolute atomic E-state index is 0.136. The molecule has 0 spiro atoms. The van der Waals surface area contributed by atoms with Crippen LogP contribution < -0.4 is 5.32 Å². The average molecular weight is 276 g/mol. The van der Waals surface area contributed by atoms with Crippen LogP contribution in [-0.2, 0) is 11.2 Å². The molecule has 4 nitrogen and oxygen atoms in total. The second kappa shape index (κ2) is 5.83. The van der Waals surface area contributed by atoms with Gasteiger partial charge >= 0.3 is 0 Å². The summed E-state index contributed by atoms with van der Waals surface area (Å²) in [5.41, 5.74) is 0.946. The molecule has 0 radical (unpaired) electrons. The molecule has 1 aromatic carbocycles. The molecule has 2 atom stereocenters. The number of hydrogen-bond donors (Lipinski definition) is 2. The summed E-state index contributed by atoms with van der Waals surface area (Å²) in [6.45, 7) is 6.01. The smallest absolute Gasteiger partial charge is 0.227 e. The Hall–Kier alpha value is -1.55. The van der Waals surface area contributed by atoms with Crippen molar-refractivity contribution in [2.24, 2.45) is 5.41 Å². The Morgan fingerprint density at radius 2 is 2.10 bits per heavy atom. The maximum absolute atomic E-state index is 11.9. The normalized spacial score (nSPS) is 24.6. The third-order valence-electron chi connectivity index (χ3n) is 4.37. The molecule has 4 heteroatoms. The molecule has 1 fully saturated rings. The zero-order valence-corrected chi connectivity index (χ0v) is 12.5. The molecule has 20 heavy (non-hydrogen) atoms. The number of phenols is 1. The summed E-state index contributed by atoms with van der Waals surface area (Å²) in [4.78, 5) is 14.3. The Morgan fingerprint density at radius 3 is 2.70 bits per heavy atom. The van der Waals surface area contributed by atoms with E-state index in [2.05, 4.69) is 17.1 Å². The number of likely N-dealkylation sites (tertiary alicyclic amines) is 1. The van der Waals surface area contributed by atoms with E-state index in [0.29, 0.717) is 11.8 Å². The van der Waals surface area contributed by atoms with E-state index >= 15 is 0 Å². The molecule has 2 N–H and O–H groups in total. The van der Waals surface area contributed by atoms with Crippen molar-refractivity contribution in [3.8, 4) is 5.75 Å². The van der Waals surface area contributed by atoms with Gasteiger partial charge in [-0.05, 0) is 50.9 Å². The van der Waals surface area contributed by atoms with Gasteiger partial charge in [0.2, 0.25) is 5.91 Å². The average Bonchev–Trinajstić information content (AvgIpc) is 2.84. The van der Waals surface area contributed by atoms with Crippen molar-refractivity contribution in [1.29, 1.82) is 0 Å². The molecule has 1 saturated heterocycles. The van der Waals surface area contributed by atoms with Crippen LogP contribution in [0.4, 0.5) is 0 Å². The Bertz CT molecular complexity index is 472. The van der Waals surface area contributed by atoms with Crippen LogP contribution in [0.3, 0.4) is 0 Å². The zero-order valence-electron chi connectivity index (χ0n) is 12.5. The summed E-state index contributed by atoms with van der Waals surface area (Å²) in [5.74, 6) is 0.437. The van der Waals surface area contributed by atoms with Gasteiger partial charge in [-0.2, -0.15) is 0 Å². The van der Waals surface area contributed by atoms with Crippen molar-refractivity contribution in [1.82, 2.24) is 10.2 Å². The highest BCUT2D eigenvalue weighted by Crippen LogP contribution is 2.31. The van der Waals surface area contributed by atoms with E-state index in [-0.39, 0.29) is 11.3 Å². The lowest BCUT2D eigenvalue weighted by Gasteiger charge is -2.27. The van der Waals surface area contributed by atoms with Gasteiger partial charge in [-0.1, -0.05) is 12.1 Å². The Balaban J connectivity index is 1.96. The number of nitrogens with zero attached hydrogens (tertiary/aromatic N) is 1. The minimum atomic E-state index is -0.266. The summed E-state index contributed by atoms with van der Waals surface area (Å²) in [7, 11) is 1.70. The van der Waals surface area contributed by atoms with E-state index in [1.165, 1.54) is 5.56 Å². The number of rotatable bonds is 4. The molecule has 2 unspecified atom stereocenters.